The number of rotatable bonds is 4. The summed E-state index contributed by atoms with van der Waals surface area (Å²) in [5.41, 5.74) is 2.54. The van der Waals surface area contributed by atoms with E-state index in [1.54, 1.807) is 31.4 Å². The van der Waals surface area contributed by atoms with Crippen LogP contribution in [-0.2, 0) is 0 Å². The highest BCUT2D eigenvalue weighted by molar-refractivity contribution is 6.30. The normalized spacial score (nSPS) is 10.8. The van der Waals surface area contributed by atoms with E-state index >= 15 is 0 Å². The Balaban J connectivity index is 2.22. The number of methoxy groups -OCH3 is 1. The van der Waals surface area contributed by atoms with Crippen LogP contribution in [0.25, 0.3) is 6.08 Å². The number of ether oxygens (including phenoxy) is 1. The van der Waals surface area contributed by atoms with Gasteiger partial charge in [0.05, 0.1) is 12.7 Å². The zero-order valence-electron chi connectivity index (χ0n) is 11.4. The van der Waals surface area contributed by atoms with Crippen molar-refractivity contribution in [2.75, 3.05) is 7.11 Å². The summed E-state index contributed by atoms with van der Waals surface area (Å²) in [5.74, 6) is 0.507. The average Bonchev–Trinajstić information content (AvgIpc) is 2.46. The molecule has 102 valence electrons. The number of hydrogen-bond donors (Lipinski definition) is 0. The average molecular weight is 287 g/mol. The fourth-order valence-electron chi connectivity index (χ4n) is 1.84. The third kappa shape index (κ3) is 3.49. The van der Waals surface area contributed by atoms with E-state index < -0.39 is 0 Å². The lowest BCUT2D eigenvalue weighted by atomic mass is 10.1. The molecule has 3 heteroatoms. The van der Waals surface area contributed by atoms with E-state index in [2.05, 4.69) is 0 Å². The van der Waals surface area contributed by atoms with Crippen molar-refractivity contribution in [1.82, 2.24) is 0 Å². The number of benzene rings is 2. The van der Waals surface area contributed by atoms with Crippen molar-refractivity contribution >= 4 is 23.5 Å². The summed E-state index contributed by atoms with van der Waals surface area (Å²) in [6.45, 7) is 1.96. The molecule has 2 aromatic carbocycles. The molecule has 0 aliphatic rings. The van der Waals surface area contributed by atoms with Gasteiger partial charge < -0.3 is 4.74 Å². The predicted molar refractivity (Wildman–Crippen MR) is 82.5 cm³/mol. The van der Waals surface area contributed by atoms with Crippen LogP contribution in [0.2, 0.25) is 5.02 Å². The highest BCUT2D eigenvalue weighted by Crippen LogP contribution is 2.21. The van der Waals surface area contributed by atoms with E-state index in [1.165, 1.54) is 6.08 Å². The van der Waals surface area contributed by atoms with Crippen LogP contribution < -0.4 is 4.74 Å². The number of hydrogen-bond acceptors (Lipinski definition) is 2. The molecule has 0 unspecified atom stereocenters. The number of allylic oxidation sites excluding steroid dienone is 1. The Morgan fingerprint density at radius 3 is 2.50 bits per heavy atom. The number of carbonyl (C=O) groups is 1. The van der Waals surface area contributed by atoms with E-state index in [0.29, 0.717) is 16.3 Å². The molecule has 0 fully saturated rings. The molecular weight excluding hydrogens is 272 g/mol. The van der Waals surface area contributed by atoms with Gasteiger partial charge in [-0.1, -0.05) is 35.9 Å². The van der Waals surface area contributed by atoms with Gasteiger partial charge in [0.25, 0.3) is 0 Å². The topological polar surface area (TPSA) is 26.3 Å². The quantitative estimate of drug-likeness (QED) is 0.609. The van der Waals surface area contributed by atoms with Gasteiger partial charge in [-0.25, -0.2) is 0 Å². The van der Waals surface area contributed by atoms with Crippen molar-refractivity contribution in [3.63, 3.8) is 0 Å². The smallest absolute Gasteiger partial charge is 0.189 e. The second-order valence-corrected chi connectivity index (χ2v) is 4.89. The maximum atomic E-state index is 12.2. The Kier molecular flexibility index (Phi) is 4.59. The van der Waals surface area contributed by atoms with Crippen molar-refractivity contribution in [2.45, 2.75) is 6.92 Å². The molecule has 0 N–H and O–H groups in total. The lowest BCUT2D eigenvalue weighted by molar-refractivity contribution is 0.104. The molecule has 2 nitrogen and oxygen atoms in total. The van der Waals surface area contributed by atoms with Crippen molar-refractivity contribution in [3.8, 4) is 5.75 Å². The van der Waals surface area contributed by atoms with Crippen molar-refractivity contribution in [2.24, 2.45) is 0 Å². The summed E-state index contributed by atoms with van der Waals surface area (Å²) in [4.78, 5) is 12.2. The molecule has 0 saturated heterocycles. The first kappa shape index (κ1) is 14.4. The van der Waals surface area contributed by atoms with Crippen LogP contribution in [0, 0.1) is 6.92 Å². The molecule has 0 amide bonds. The zero-order chi connectivity index (χ0) is 14.5. The fraction of sp³-hybridized carbons (Fsp3) is 0.118. The Morgan fingerprint density at radius 2 is 1.85 bits per heavy atom. The van der Waals surface area contributed by atoms with Gasteiger partial charge in [-0.2, -0.15) is 0 Å². The standard InChI is InChI=1S/C17H15ClO2/c1-12-3-9-15(17(11-12)20-2)16(19)10-6-13-4-7-14(18)8-5-13/h3-11H,1-2H3/b10-6+. The Labute approximate surface area is 123 Å². The molecule has 0 aliphatic heterocycles. The van der Waals surface area contributed by atoms with Gasteiger partial charge in [-0.15, -0.1) is 0 Å². The van der Waals surface area contributed by atoms with Gasteiger partial charge in [-0.3, -0.25) is 4.79 Å². The molecule has 0 saturated carbocycles. The lowest BCUT2D eigenvalue weighted by Crippen LogP contribution is -1.99. The number of ketones is 1. The molecule has 2 aromatic rings. The second kappa shape index (κ2) is 6.40. The fourth-order valence-corrected chi connectivity index (χ4v) is 1.96. The van der Waals surface area contributed by atoms with Gasteiger partial charge in [0.1, 0.15) is 5.75 Å². The van der Waals surface area contributed by atoms with Crippen LogP contribution in [0.1, 0.15) is 21.5 Å². The van der Waals surface area contributed by atoms with Gasteiger partial charge >= 0.3 is 0 Å². The minimum Gasteiger partial charge on any atom is -0.496 e. The lowest BCUT2D eigenvalue weighted by Gasteiger charge is -2.06. The highest BCUT2D eigenvalue weighted by Gasteiger charge is 2.09. The first-order valence-corrected chi connectivity index (χ1v) is 6.60. The van der Waals surface area contributed by atoms with Crippen LogP contribution in [0.15, 0.2) is 48.5 Å². The van der Waals surface area contributed by atoms with Crippen LogP contribution >= 0.6 is 11.6 Å². The first-order valence-electron chi connectivity index (χ1n) is 6.23. The largest absolute Gasteiger partial charge is 0.496 e. The summed E-state index contributed by atoms with van der Waals surface area (Å²) < 4.78 is 5.24. The summed E-state index contributed by atoms with van der Waals surface area (Å²) in [5, 5.41) is 0.675. The molecule has 0 spiro atoms. The number of carbonyl (C=O) groups excluding carboxylic acids is 1. The Bertz CT molecular complexity index is 643. The molecule has 0 radical (unpaired) electrons. The monoisotopic (exact) mass is 286 g/mol. The van der Waals surface area contributed by atoms with Gasteiger partial charge in [0.2, 0.25) is 0 Å². The van der Waals surface area contributed by atoms with Gasteiger partial charge in [0.15, 0.2) is 5.78 Å². The van der Waals surface area contributed by atoms with Crippen LogP contribution in [-0.4, -0.2) is 12.9 Å². The number of aryl methyl sites for hydroxylation is 1. The summed E-state index contributed by atoms with van der Waals surface area (Å²) in [6.07, 6.45) is 3.30. The van der Waals surface area contributed by atoms with E-state index in [4.69, 9.17) is 16.3 Å². The molecule has 0 aliphatic carbocycles. The van der Waals surface area contributed by atoms with Crippen molar-refractivity contribution in [1.29, 1.82) is 0 Å². The first-order chi connectivity index (χ1) is 9.60. The third-order valence-electron chi connectivity index (χ3n) is 2.92. The molecule has 0 bridgehead atoms. The third-order valence-corrected chi connectivity index (χ3v) is 3.17. The molecule has 0 heterocycles. The molecule has 0 aromatic heterocycles. The second-order valence-electron chi connectivity index (χ2n) is 4.45. The SMILES string of the molecule is COc1cc(C)ccc1C(=O)/C=C/c1ccc(Cl)cc1. The maximum Gasteiger partial charge on any atom is 0.189 e. The van der Waals surface area contributed by atoms with Gasteiger partial charge in [0, 0.05) is 5.02 Å². The minimum absolute atomic E-state index is 0.0863. The van der Waals surface area contributed by atoms with E-state index in [0.717, 1.165) is 11.1 Å². The molecule has 0 atom stereocenters. The van der Waals surface area contributed by atoms with Crippen molar-refractivity contribution < 1.29 is 9.53 Å². The highest BCUT2D eigenvalue weighted by atomic mass is 35.5. The van der Waals surface area contributed by atoms with E-state index in [1.807, 2.05) is 31.2 Å². The molecule has 20 heavy (non-hydrogen) atoms. The molecular formula is C17H15ClO2. The van der Waals surface area contributed by atoms with Crippen LogP contribution in [0.4, 0.5) is 0 Å². The Hall–Kier alpha value is -2.06. The maximum absolute atomic E-state index is 12.2. The van der Waals surface area contributed by atoms with E-state index in [9.17, 15) is 4.79 Å². The predicted octanol–water partition coefficient (Wildman–Crippen LogP) is 4.55. The summed E-state index contributed by atoms with van der Waals surface area (Å²) >= 11 is 5.82. The zero-order valence-corrected chi connectivity index (χ0v) is 12.1. The van der Waals surface area contributed by atoms with Crippen molar-refractivity contribution in [3.05, 3.63) is 70.3 Å². The summed E-state index contributed by atoms with van der Waals surface area (Å²) in [6, 6.07) is 12.8. The van der Waals surface area contributed by atoms with Crippen LogP contribution in [0.3, 0.4) is 0 Å². The van der Waals surface area contributed by atoms with Crippen LogP contribution in [0.5, 0.6) is 5.75 Å². The van der Waals surface area contributed by atoms with E-state index in [-0.39, 0.29) is 5.78 Å². The molecule has 2 rings (SSSR count). The number of halogens is 1. The minimum atomic E-state index is -0.0863. The Morgan fingerprint density at radius 1 is 1.15 bits per heavy atom. The van der Waals surface area contributed by atoms with Gasteiger partial charge in [-0.05, 0) is 48.4 Å². The summed E-state index contributed by atoms with van der Waals surface area (Å²) in [7, 11) is 1.56.